The van der Waals surface area contributed by atoms with Crippen LogP contribution in [0.1, 0.15) is 141 Å². The van der Waals surface area contributed by atoms with Gasteiger partial charge in [-0.1, -0.05) is 104 Å². The van der Waals surface area contributed by atoms with Crippen LogP contribution in [0.15, 0.2) is 34.9 Å². The maximum absolute atomic E-state index is 13.4. The standard InChI is InChI=1S/C45H72N4O6/c1-31(28-43(4,5)6)22-34-25-37(50)47(40(34)53)17-15-13-14-16-46(18-20-48-38(51)26-35(41(48)54)23-32(2)29-44(7,8)9)19-21-49-39(52)27-36(42(49)55)24-33(3)30-45(10,11)12/h28-30,34-36H,13-27H2,1-12H3/b31-28+,32-29+,33-30+. The highest BCUT2D eigenvalue weighted by Crippen LogP contribution is 2.31. The molecule has 55 heavy (non-hydrogen) atoms. The zero-order chi connectivity index (χ0) is 41.5. The highest BCUT2D eigenvalue weighted by molar-refractivity contribution is 6.04. The summed E-state index contributed by atoms with van der Waals surface area (Å²) in [5.41, 5.74) is 3.32. The fourth-order valence-corrected chi connectivity index (χ4v) is 8.60. The van der Waals surface area contributed by atoms with Gasteiger partial charge in [0.15, 0.2) is 0 Å². The van der Waals surface area contributed by atoms with Gasteiger partial charge in [0.1, 0.15) is 0 Å². The van der Waals surface area contributed by atoms with Crippen LogP contribution < -0.4 is 0 Å². The Morgan fingerprint density at radius 1 is 0.491 bits per heavy atom. The predicted molar refractivity (Wildman–Crippen MR) is 218 cm³/mol. The zero-order valence-electron chi connectivity index (χ0n) is 36.3. The van der Waals surface area contributed by atoms with Gasteiger partial charge < -0.3 is 0 Å². The number of unbranched alkanes of at least 4 members (excludes halogenated alkanes) is 2. The molecule has 3 rings (SSSR count). The van der Waals surface area contributed by atoms with Gasteiger partial charge in [-0.3, -0.25) is 48.4 Å². The molecular formula is C45H72N4O6. The SMILES string of the molecule is C/C(=C\C(C)(C)C)CC1CC(=O)N(CCCCCN(CCN2C(=O)CC(C/C(C)=C/C(C)(C)C)C2=O)CCN2C(=O)CC(C/C(C)=C/C(C)(C)C)C2=O)C1=O. The lowest BCUT2D eigenvalue weighted by Crippen LogP contribution is -2.43. The van der Waals surface area contributed by atoms with Crippen molar-refractivity contribution in [3.63, 3.8) is 0 Å². The number of rotatable bonds is 18. The molecule has 3 aliphatic heterocycles. The first kappa shape index (κ1) is 46.0. The minimum atomic E-state index is -0.360. The number of nitrogens with zero attached hydrogens (tertiary/aromatic N) is 4. The van der Waals surface area contributed by atoms with Gasteiger partial charge in [-0.15, -0.1) is 0 Å². The van der Waals surface area contributed by atoms with Crippen molar-refractivity contribution in [2.24, 2.45) is 34.0 Å². The lowest BCUT2D eigenvalue weighted by molar-refractivity contribution is -0.141. The number of hydrogen-bond acceptors (Lipinski definition) is 7. The summed E-state index contributed by atoms with van der Waals surface area (Å²) in [6.45, 7) is 27.5. The summed E-state index contributed by atoms with van der Waals surface area (Å²) in [7, 11) is 0. The van der Waals surface area contributed by atoms with Crippen LogP contribution in [0.2, 0.25) is 0 Å². The summed E-state index contributed by atoms with van der Waals surface area (Å²) >= 11 is 0. The van der Waals surface area contributed by atoms with Gasteiger partial charge in [-0.2, -0.15) is 0 Å². The Morgan fingerprint density at radius 2 is 0.800 bits per heavy atom. The van der Waals surface area contributed by atoms with Crippen LogP contribution >= 0.6 is 0 Å². The van der Waals surface area contributed by atoms with E-state index >= 15 is 0 Å². The molecule has 0 spiro atoms. The number of carbonyl (C=O) groups is 6. The van der Waals surface area contributed by atoms with Crippen LogP contribution in [-0.2, 0) is 28.8 Å². The molecule has 3 atom stereocenters. The molecular weight excluding hydrogens is 693 g/mol. The molecule has 10 nitrogen and oxygen atoms in total. The summed E-state index contributed by atoms with van der Waals surface area (Å²) in [4.78, 5) is 85.2. The first-order chi connectivity index (χ1) is 25.3. The summed E-state index contributed by atoms with van der Waals surface area (Å²) in [5, 5.41) is 0. The van der Waals surface area contributed by atoms with E-state index in [1.165, 1.54) is 14.7 Å². The van der Waals surface area contributed by atoms with Crippen LogP contribution in [0, 0.1) is 34.0 Å². The first-order valence-corrected chi connectivity index (χ1v) is 20.6. The highest BCUT2D eigenvalue weighted by Gasteiger charge is 2.41. The van der Waals surface area contributed by atoms with E-state index in [-0.39, 0.29) is 102 Å². The first-order valence-electron chi connectivity index (χ1n) is 20.6. The molecule has 6 amide bonds. The van der Waals surface area contributed by atoms with Gasteiger partial charge in [0.25, 0.3) is 0 Å². The van der Waals surface area contributed by atoms with E-state index in [2.05, 4.69) is 85.4 Å². The Bertz CT molecular complexity index is 1460. The smallest absolute Gasteiger partial charge is 0.233 e. The average Bonchev–Trinajstić information content (AvgIpc) is 3.54. The molecule has 0 saturated carbocycles. The van der Waals surface area contributed by atoms with E-state index in [0.29, 0.717) is 51.9 Å². The maximum Gasteiger partial charge on any atom is 0.233 e. The molecule has 3 aliphatic rings. The number of imide groups is 3. The number of likely N-dealkylation sites (tertiary alicyclic amines) is 3. The molecule has 3 heterocycles. The Labute approximate surface area is 332 Å². The predicted octanol–water partition coefficient (Wildman–Crippen LogP) is 7.73. The number of carbonyl (C=O) groups excluding carboxylic acids is 6. The fourth-order valence-electron chi connectivity index (χ4n) is 8.60. The zero-order valence-corrected chi connectivity index (χ0v) is 36.3. The molecule has 0 aromatic rings. The molecule has 0 aliphatic carbocycles. The summed E-state index contributed by atoms with van der Waals surface area (Å²) < 4.78 is 0. The minimum absolute atomic E-state index is 0.0124. The van der Waals surface area contributed by atoms with Crippen LogP contribution in [0.25, 0.3) is 0 Å². The quantitative estimate of drug-likeness (QED) is 0.0797. The third-order valence-electron chi connectivity index (χ3n) is 10.4. The molecule has 3 unspecified atom stereocenters. The van der Waals surface area contributed by atoms with E-state index in [4.69, 9.17) is 0 Å². The molecule has 0 aromatic heterocycles. The van der Waals surface area contributed by atoms with Crippen LogP contribution in [0.5, 0.6) is 0 Å². The van der Waals surface area contributed by atoms with Crippen molar-refractivity contribution in [2.75, 3.05) is 39.3 Å². The normalized spacial score (nSPS) is 22.5. The van der Waals surface area contributed by atoms with E-state index in [1.54, 1.807) is 0 Å². The van der Waals surface area contributed by atoms with Crippen molar-refractivity contribution in [3.05, 3.63) is 34.9 Å². The van der Waals surface area contributed by atoms with E-state index < -0.39 is 0 Å². The van der Waals surface area contributed by atoms with E-state index in [1.807, 2.05) is 20.8 Å². The molecule has 0 aromatic carbocycles. The van der Waals surface area contributed by atoms with E-state index in [0.717, 1.165) is 29.6 Å². The molecule has 308 valence electrons. The summed E-state index contributed by atoms with van der Waals surface area (Å²) in [6.07, 6.45) is 11.1. The van der Waals surface area contributed by atoms with Crippen molar-refractivity contribution < 1.29 is 28.8 Å². The van der Waals surface area contributed by atoms with Crippen molar-refractivity contribution in [1.82, 2.24) is 19.6 Å². The van der Waals surface area contributed by atoms with E-state index in [9.17, 15) is 28.8 Å². The molecule has 10 heteroatoms. The Balaban J connectivity index is 1.61. The number of hydrogen-bond donors (Lipinski definition) is 0. The average molecular weight is 765 g/mol. The van der Waals surface area contributed by atoms with Crippen LogP contribution in [-0.4, -0.2) is 94.3 Å². The van der Waals surface area contributed by atoms with Crippen molar-refractivity contribution in [1.29, 1.82) is 0 Å². The molecule has 0 radical (unpaired) electrons. The Hall–Kier alpha value is -3.40. The summed E-state index contributed by atoms with van der Waals surface area (Å²) in [6, 6.07) is 0. The van der Waals surface area contributed by atoms with Crippen LogP contribution in [0.4, 0.5) is 0 Å². The van der Waals surface area contributed by atoms with Gasteiger partial charge in [-0.25, -0.2) is 0 Å². The molecule has 3 fully saturated rings. The van der Waals surface area contributed by atoms with Crippen LogP contribution in [0.3, 0.4) is 0 Å². The third-order valence-corrected chi connectivity index (χ3v) is 10.4. The number of amides is 6. The second-order valence-corrected chi connectivity index (χ2v) is 19.9. The molecule has 0 N–H and O–H groups in total. The van der Waals surface area contributed by atoms with Gasteiger partial charge in [0.05, 0.1) is 17.8 Å². The maximum atomic E-state index is 13.4. The van der Waals surface area contributed by atoms with Gasteiger partial charge in [0, 0.05) is 52.0 Å². The second kappa shape index (κ2) is 19.2. The van der Waals surface area contributed by atoms with Crippen molar-refractivity contribution in [2.45, 2.75) is 141 Å². The van der Waals surface area contributed by atoms with Gasteiger partial charge in [-0.05, 0) is 75.7 Å². The third kappa shape index (κ3) is 14.9. The van der Waals surface area contributed by atoms with Crippen molar-refractivity contribution >= 4 is 35.4 Å². The van der Waals surface area contributed by atoms with Crippen molar-refractivity contribution in [3.8, 4) is 0 Å². The monoisotopic (exact) mass is 765 g/mol. The minimum Gasteiger partial charge on any atom is -0.300 e. The molecule has 0 bridgehead atoms. The highest BCUT2D eigenvalue weighted by atomic mass is 16.2. The second-order valence-electron chi connectivity index (χ2n) is 19.9. The lowest BCUT2D eigenvalue weighted by atomic mass is 9.90. The van der Waals surface area contributed by atoms with Gasteiger partial charge >= 0.3 is 0 Å². The topological polar surface area (TPSA) is 115 Å². The largest absolute Gasteiger partial charge is 0.300 e. The number of allylic oxidation sites excluding steroid dienone is 6. The van der Waals surface area contributed by atoms with Gasteiger partial charge in [0.2, 0.25) is 35.4 Å². The fraction of sp³-hybridized carbons (Fsp3) is 0.733. The lowest BCUT2D eigenvalue weighted by Gasteiger charge is -2.27. The Morgan fingerprint density at radius 3 is 1.11 bits per heavy atom. The molecule has 3 saturated heterocycles. The summed E-state index contributed by atoms with van der Waals surface area (Å²) in [5.74, 6) is -1.81. The Kier molecular flexibility index (Phi) is 16.0.